The van der Waals surface area contributed by atoms with Crippen molar-refractivity contribution in [2.75, 3.05) is 13.1 Å². The summed E-state index contributed by atoms with van der Waals surface area (Å²) in [5, 5.41) is 10.6. The van der Waals surface area contributed by atoms with Crippen LogP contribution in [0, 0.1) is 0 Å². The molecule has 8 rings (SSSR count). The van der Waals surface area contributed by atoms with Gasteiger partial charge in [0.2, 0.25) is 0 Å². The number of aromatic nitrogens is 1. The predicted octanol–water partition coefficient (Wildman–Crippen LogP) is 5.81. The average Bonchev–Trinajstić information content (AvgIpc) is 3.52. The number of hydrogen-bond acceptors (Lipinski definition) is 3. The number of para-hydroxylation sites is 1. The summed E-state index contributed by atoms with van der Waals surface area (Å²) in [6.07, 6.45) is 3.68. The molecule has 2 aliphatic rings. The third kappa shape index (κ3) is 2.19. The molecule has 0 saturated carbocycles. The number of fused-ring (bicyclic) bond motifs is 7. The molecule has 5 heterocycles. The van der Waals surface area contributed by atoms with Crippen LogP contribution >= 0.6 is 11.3 Å². The van der Waals surface area contributed by atoms with Crippen LogP contribution in [0.1, 0.15) is 17.7 Å². The number of thiophene rings is 1. The number of amides is 2. The van der Waals surface area contributed by atoms with Gasteiger partial charge in [0.15, 0.2) is 0 Å². The highest BCUT2D eigenvalue weighted by molar-refractivity contribution is 7.19. The van der Waals surface area contributed by atoms with Gasteiger partial charge in [-0.2, -0.15) is 0 Å². The Hall–Kier alpha value is -3.90. The van der Waals surface area contributed by atoms with Crippen LogP contribution in [0.5, 0.6) is 0 Å². The third-order valence-electron chi connectivity index (χ3n) is 7.40. The number of nitrogens with zero attached hydrogens (tertiary/aromatic N) is 3. The molecule has 0 bridgehead atoms. The molecule has 2 amide bonds. The summed E-state index contributed by atoms with van der Waals surface area (Å²) in [6, 6.07) is 21.6. The molecule has 6 heteroatoms. The maximum absolute atomic E-state index is 13.0. The topological polar surface area (TPSA) is 45.0 Å². The quantitative estimate of drug-likeness (QED) is 0.229. The van der Waals surface area contributed by atoms with Crippen molar-refractivity contribution in [2.45, 2.75) is 12.8 Å². The minimum Gasteiger partial charge on any atom is -0.299 e. The molecule has 0 N–H and O–H groups in total. The highest BCUT2D eigenvalue weighted by atomic mass is 32.1. The second-order valence-electron chi connectivity index (χ2n) is 9.21. The molecule has 3 aromatic heterocycles. The van der Waals surface area contributed by atoms with Gasteiger partial charge in [0.05, 0.1) is 11.0 Å². The lowest BCUT2D eigenvalue weighted by Gasteiger charge is -2.31. The van der Waals surface area contributed by atoms with Gasteiger partial charge >= 0.3 is 0 Å². The molecule has 2 saturated heterocycles. The number of carbonyl (C=O) groups excluding carboxylic acids is 2. The summed E-state index contributed by atoms with van der Waals surface area (Å²) in [6.45, 7) is 1.24. The second-order valence-corrected chi connectivity index (χ2v) is 10.3. The van der Waals surface area contributed by atoms with E-state index in [9.17, 15) is 9.59 Å². The first-order valence-corrected chi connectivity index (χ1v) is 12.5. The van der Waals surface area contributed by atoms with Crippen LogP contribution in [-0.2, 0) is 9.59 Å². The Kier molecular flexibility index (Phi) is 3.46. The highest BCUT2D eigenvalue weighted by Gasteiger charge is 2.41. The normalized spacial score (nSPS) is 16.9. The number of benzene rings is 3. The number of rotatable bonds is 1. The van der Waals surface area contributed by atoms with Gasteiger partial charge in [-0.1, -0.05) is 48.5 Å². The molecule has 0 unspecified atom stereocenters. The third-order valence-corrected chi connectivity index (χ3v) is 8.47. The van der Waals surface area contributed by atoms with E-state index in [4.69, 9.17) is 0 Å². The van der Waals surface area contributed by atoms with Crippen LogP contribution in [0.3, 0.4) is 0 Å². The molecule has 0 spiro atoms. The molecule has 6 aromatic rings. The van der Waals surface area contributed by atoms with Crippen molar-refractivity contribution in [3.63, 3.8) is 0 Å². The van der Waals surface area contributed by atoms with E-state index < -0.39 is 0 Å². The molecule has 0 atom stereocenters. The molecular weight excluding hydrogens is 442 g/mol. The lowest BCUT2D eigenvalue weighted by atomic mass is 10.0. The van der Waals surface area contributed by atoms with E-state index in [0.717, 1.165) is 27.9 Å². The Morgan fingerprint density at radius 1 is 0.765 bits per heavy atom. The van der Waals surface area contributed by atoms with Gasteiger partial charge in [-0.15, -0.1) is 11.3 Å². The van der Waals surface area contributed by atoms with Crippen molar-refractivity contribution in [3.05, 3.63) is 71.1 Å². The molecule has 0 aliphatic carbocycles. The summed E-state index contributed by atoms with van der Waals surface area (Å²) in [5.74, 6) is -0.342. The van der Waals surface area contributed by atoms with Crippen LogP contribution in [0.15, 0.2) is 66.2 Å². The summed E-state index contributed by atoms with van der Waals surface area (Å²) in [5.41, 5.74) is 2.69. The number of carbonyl (C=O) groups is 2. The Bertz CT molecular complexity index is 1850. The Balaban J connectivity index is 1.46. The van der Waals surface area contributed by atoms with Crippen molar-refractivity contribution in [3.8, 4) is 0 Å². The van der Waals surface area contributed by atoms with E-state index in [2.05, 4.69) is 65.1 Å². The smallest absolute Gasteiger partial charge is 0.278 e. The van der Waals surface area contributed by atoms with Gasteiger partial charge in [-0.05, 0) is 41.8 Å². The van der Waals surface area contributed by atoms with Crippen LogP contribution in [0.4, 0.5) is 0 Å². The SMILES string of the molecule is O=C1C(=Cc2cc3c4cccc5ccc6c7ccccc7n(c3s2)c6c54)C(=O)N2CCCCN12. The van der Waals surface area contributed by atoms with Crippen LogP contribution in [0.2, 0.25) is 0 Å². The summed E-state index contributed by atoms with van der Waals surface area (Å²) >= 11 is 1.64. The van der Waals surface area contributed by atoms with Gasteiger partial charge in [-0.25, -0.2) is 10.0 Å². The summed E-state index contributed by atoms with van der Waals surface area (Å²) < 4.78 is 2.37. The van der Waals surface area contributed by atoms with E-state index in [1.54, 1.807) is 27.4 Å². The zero-order valence-corrected chi connectivity index (χ0v) is 19.1. The van der Waals surface area contributed by atoms with Gasteiger partial charge in [-0.3, -0.25) is 14.0 Å². The zero-order valence-electron chi connectivity index (χ0n) is 18.2. The highest BCUT2D eigenvalue weighted by Crippen LogP contribution is 2.43. The minimum atomic E-state index is -0.171. The standard InChI is InChI=1S/C28H19N3O2S/c32-26-22(27(33)30-13-4-3-12-29(26)30)15-17-14-21-19-8-5-6-16-10-11-20-18-7-1-2-9-23(18)31(28(21)34-17)25(20)24(16)19/h1-2,5-11,14-15H,3-4,12-13H2. The first kappa shape index (κ1) is 18.5. The van der Waals surface area contributed by atoms with Crippen LogP contribution in [0.25, 0.3) is 54.3 Å². The van der Waals surface area contributed by atoms with Crippen molar-refractivity contribution < 1.29 is 9.59 Å². The predicted molar refractivity (Wildman–Crippen MR) is 137 cm³/mol. The monoisotopic (exact) mass is 461 g/mol. The molecule has 2 fully saturated rings. The molecule has 0 radical (unpaired) electrons. The fraction of sp³-hybridized carbons (Fsp3) is 0.143. The molecule has 5 nitrogen and oxygen atoms in total. The minimum absolute atomic E-state index is 0.171. The summed E-state index contributed by atoms with van der Waals surface area (Å²) in [4.78, 5) is 28.1. The fourth-order valence-electron chi connectivity index (χ4n) is 5.91. The number of hydrogen-bond donors (Lipinski definition) is 0. The Morgan fingerprint density at radius 3 is 2.35 bits per heavy atom. The second kappa shape index (κ2) is 6.36. The van der Waals surface area contributed by atoms with E-state index in [-0.39, 0.29) is 17.4 Å². The molecule has 34 heavy (non-hydrogen) atoms. The van der Waals surface area contributed by atoms with Crippen molar-refractivity contribution in [1.29, 1.82) is 0 Å². The van der Waals surface area contributed by atoms with Gasteiger partial charge in [0.25, 0.3) is 11.8 Å². The van der Waals surface area contributed by atoms with Gasteiger partial charge < -0.3 is 0 Å². The lowest BCUT2D eigenvalue weighted by Crippen LogP contribution is -2.45. The molecule has 3 aromatic carbocycles. The average molecular weight is 462 g/mol. The van der Waals surface area contributed by atoms with Crippen molar-refractivity contribution in [1.82, 2.24) is 14.4 Å². The molecular formula is C28H19N3O2S. The van der Waals surface area contributed by atoms with Crippen LogP contribution < -0.4 is 0 Å². The lowest BCUT2D eigenvalue weighted by molar-refractivity contribution is -0.150. The van der Waals surface area contributed by atoms with E-state index >= 15 is 0 Å². The molecule has 164 valence electrons. The first-order valence-electron chi connectivity index (χ1n) is 11.7. The van der Waals surface area contributed by atoms with Crippen molar-refractivity contribution in [2.24, 2.45) is 0 Å². The number of hydrazine groups is 1. The first-order chi connectivity index (χ1) is 16.7. The van der Waals surface area contributed by atoms with Crippen molar-refractivity contribution >= 4 is 77.4 Å². The maximum Gasteiger partial charge on any atom is 0.278 e. The largest absolute Gasteiger partial charge is 0.299 e. The molecule has 2 aliphatic heterocycles. The fourth-order valence-corrected chi connectivity index (χ4v) is 7.05. The van der Waals surface area contributed by atoms with Crippen LogP contribution in [-0.4, -0.2) is 39.3 Å². The maximum atomic E-state index is 13.0. The Morgan fingerprint density at radius 2 is 1.53 bits per heavy atom. The number of pyridine rings is 1. The van der Waals surface area contributed by atoms with E-state index in [1.807, 2.05) is 0 Å². The van der Waals surface area contributed by atoms with Gasteiger partial charge in [0.1, 0.15) is 10.4 Å². The summed E-state index contributed by atoms with van der Waals surface area (Å²) in [7, 11) is 0. The zero-order chi connectivity index (χ0) is 22.6. The van der Waals surface area contributed by atoms with E-state index in [0.29, 0.717) is 13.1 Å². The van der Waals surface area contributed by atoms with Gasteiger partial charge in [0, 0.05) is 39.5 Å². The Labute approximate surface area is 198 Å². The van der Waals surface area contributed by atoms with E-state index in [1.165, 1.54) is 38.0 Å².